The van der Waals surface area contributed by atoms with E-state index < -0.39 is 11.4 Å². The fourth-order valence-electron chi connectivity index (χ4n) is 2.74. The van der Waals surface area contributed by atoms with Crippen LogP contribution in [-0.2, 0) is 4.79 Å². The highest BCUT2D eigenvalue weighted by Crippen LogP contribution is 2.68. The molecule has 0 amide bonds. The Morgan fingerprint density at radius 3 is 2.25 bits per heavy atom. The van der Waals surface area contributed by atoms with Gasteiger partial charge in [0.05, 0.1) is 5.41 Å². The first kappa shape index (κ1) is 11.2. The molecule has 16 heavy (non-hydrogen) atoms. The monoisotopic (exact) mass is 218 g/mol. The van der Waals surface area contributed by atoms with E-state index in [4.69, 9.17) is 0 Å². The summed E-state index contributed by atoms with van der Waals surface area (Å²) in [6, 6.07) is 9.97. The summed E-state index contributed by atoms with van der Waals surface area (Å²) in [5.74, 6) is -0.486. The first-order valence-electron chi connectivity index (χ1n) is 5.68. The van der Waals surface area contributed by atoms with Gasteiger partial charge in [0.2, 0.25) is 0 Å². The molecule has 1 saturated carbocycles. The summed E-state index contributed by atoms with van der Waals surface area (Å²) in [6.45, 7) is 6.05. The van der Waals surface area contributed by atoms with Crippen LogP contribution in [0.25, 0.3) is 0 Å². The lowest BCUT2D eigenvalue weighted by Crippen LogP contribution is -2.32. The maximum atomic E-state index is 11.5. The van der Waals surface area contributed by atoms with Crippen LogP contribution in [0.2, 0.25) is 0 Å². The lowest BCUT2D eigenvalue weighted by molar-refractivity contribution is -0.148. The Labute approximate surface area is 96.3 Å². The number of hydrogen-bond acceptors (Lipinski definition) is 1. The van der Waals surface area contributed by atoms with Crippen molar-refractivity contribution < 1.29 is 9.90 Å². The molecular weight excluding hydrogens is 200 g/mol. The topological polar surface area (TPSA) is 37.3 Å². The average molecular weight is 218 g/mol. The van der Waals surface area contributed by atoms with Crippen LogP contribution in [0.4, 0.5) is 0 Å². The highest BCUT2D eigenvalue weighted by atomic mass is 16.4. The van der Waals surface area contributed by atoms with Crippen LogP contribution in [0.1, 0.15) is 38.7 Å². The second-order valence-corrected chi connectivity index (χ2v) is 5.69. The van der Waals surface area contributed by atoms with E-state index in [0.29, 0.717) is 0 Å². The third kappa shape index (κ3) is 1.44. The van der Waals surface area contributed by atoms with Crippen molar-refractivity contribution in [3.8, 4) is 0 Å². The fourth-order valence-corrected chi connectivity index (χ4v) is 2.74. The van der Waals surface area contributed by atoms with E-state index in [1.165, 1.54) is 0 Å². The van der Waals surface area contributed by atoms with Gasteiger partial charge in [-0.25, -0.2) is 0 Å². The molecule has 0 spiro atoms. The molecule has 1 fully saturated rings. The maximum absolute atomic E-state index is 11.5. The Hall–Kier alpha value is -1.31. The number of hydrogen-bond donors (Lipinski definition) is 1. The second kappa shape index (κ2) is 3.34. The predicted molar refractivity (Wildman–Crippen MR) is 63.3 cm³/mol. The summed E-state index contributed by atoms with van der Waals surface area (Å²) in [7, 11) is 0. The minimum absolute atomic E-state index is 0.172. The molecule has 1 aromatic carbocycles. The predicted octanol–water partition coefficient (Wildman–Crippen LogP) is 3.29. The van der Waals surface area contributed by atoms with Gasteiger partial charge in [-0.05, 0) is 17.4 Å². The first-order chi connectivity index (χ1) is 7.39. The highest BCUT2D eigenvalue weighted by Gasteiger charge is 2.66. The van der Waals surface area contributed by atoms with Crippen molar-refractivity contribution in [2.45, 2.75) is 33.1 Å². The van der Waals surface area contributed by atoms with Crippen molar-refractivity contribution in [1.82, 2.24) is 0 Å². The summed E-state index contributed by atoms with van der Waals surface area (Å²) >= 11 is 0. The van der Waals surface area contributed by atoms with Gasteiger partial charge in [-0.3, -0.25) is 4.79 Å². The highest BCUT2D eigenvalue weighted by molar-refractivity contribution is 5.81. The zero-order valence-electron chi connectivity index (χ0n) is 10.0. The molecule has 0 unspecified atom stereocenters. The zero-order valence-corrected chi connectivity index (χ0v) is 10.0. The molecule has 1 aliphatic carbocycles. The number of benzene rings is 1. The fraction of sp³-hybridized carbons (Fsp3) is 0.500. The summed E-state index contributed by atoms with van der Waals surface area (Å²) < 4.78 is 0. The van der Waals surface area contributed by atoms with Crippen LogP contribution < -0.4 is 0 Å². The molecule has 2 nitrogen and oxygen atoms in total. The van der Waals surface area contributed by atoms with Crippen LogP contribution in [0.5, 0.6) is 0 Å². The minimum Gasteiger partial charge on any atom is -0.481 e. The van der Waals surface area contributed by atoms with E-state index >= 15 is 0 Å². The summed E-state index contributed by atoms with van der Waals surface area (Å²) in [5, 5.41) is 9.47. The molecule has 1 N–H and O–H groups in total. The van der Waals surface area contributed by atoms with Crippen LogP contribution in [0, 0.1) is 10.8 Å². The van der Waals surface area contributed by atoms with Crippen molar-refractivity contribution in [2.24, 2.45) is 10.8 Å². The SMILES string of the molecule is CC(C)(C)[C@@]1(C(=O)O)C[C@@H]1c1ccccc1. The quantitative estimate of drug-likeness (QED) is 0.827. The summed E-state index contributed by atoms with van der Waals surface area (Å²) in [4.78, 5) is 11.5. The maximum Gasteiger partial charge on any atom is 0.310 e. The van der Waals surface area contributed by atoms with Crippen molar-refractivity contribution in [1.29, 1.82) is 0 Å². The number of rotatable bonds is 2. The van der Waals surface area contributed by atoms with Crippen molar-refractivity contribution >= 4 is 5.97 Å². The van der Waals surface area contributed by atoms with Crippen LogP contribution in [-0.4, -0.2) is 11.1 Å². The lowest BCUT2D eigenvalue weighted by atomic mass is 9.75. The molecule has 1 aliphatic rings. The number of carboxylic acids is 1. The van der Waals surface area contributed by atoms with Gasteiger partial charge in [-0.1, -0.05) is 51.1 Å². The molecule has 0 aliphatic heterocycles. The van der Waals surface area contributed by atoms with E-state index in [2.05, 4.69) is 0 Å². The average Bonchev–Trinajstić information content (AvgIpc) is 2.94. The number of carboxylic acid groups (broad SMARTS) is 1. The zero-order chi connectivity index (χ0) is 12.0. The van der Waals surface area contributed by atoms with Crippen LogP contribution >= 0.6 is 0 Å². The standard InChI is InChI=1S/C14H18O2/c1-13(2,3)14(12(15)16)9-11(14)10-7-5-4-6-8-10/h4-8,11H,9H2,1-3H3,(H,15,16)/t11-,14+/m1/s1. The van der Waals surface area contributed by atoms with Crippen molar-refractivity contribution in [3.05, 3.63) is 35.9 Å². The van der Waals surface area contributed by atoms with Gasteiger partial charge in [-0.2, -0.15) is 0 Å². The molecule has 2 atom stereocenters. The molecule has 0 bridgehead atoms. The Kier molecular flexibility index (Phi) is 2.33. The number of carbonyl (C=O) groups is 1. The van der Waals surface area contributed by atoms with Gasteiger partial charge in [-0.15, -0.1) is 0 Å². The van der Waals surface area contributed by atoms with Gasteiger partial charge in [0.1, 0.15) is 0 Å². The molecule has 0 aromatic heterocycles. The second-order valence-electron chi connectivity index (χ2n) is 5.69. The Morgan fingerprint density at radius 2 is 1.88 bits per heavy atom. The molecule has 2 rings (SSSR count). The Bertz CT molecular complexity index is 402. The van der Waals surface area contributed by atoms with Gasteiger partial charge >= 0.3 is 5.97 Å². The van der Waals surface area contributed by atoms with Gasteiger partial charge < -0.3 is 5.11 Å². The molecule has 1 aromatic rings. The Balaban J connectivity index is 2.34. The largest absolute Gasteiger partial charge is 0.481 e. The van der Waals surface area contributed by atoms with Crippen LogP contribution in [0.15, 0.2) is 30.3 Å². The smallest absolute Gasteiger partial charge is 0.310 e. The summed E-state index contributed by atoms with van der Waals surface area (Å²) in [6.07, 6.45) is 0.760. The molecule has 2 heteroatoms. The number of aliphatic carboxylic acids is 1. The molecule has 0 heterocycles. The molecule has 0 saturated heterocycles. The minimum atomic E-state index is -0.658. The third-order valence-corrected chi connectivity index (χ3v) is 3.88. The van der Waals surface area contributed by atoms with Gasteiger partial charge in [0, 0.05) is 5.92 Å². The van der Waals surface area contributed by atoms with E-state index in [9.17, 15) is 9.90 Å². The van der Waals surface area contributed by atoms with E-state index in [-0.39, 0.29) is 11.3 Å². The van der Waals surface area contributed by atoms with Crippen molar-refractivity contribution in [3.63, 3.8) is 0 Å². The Morgan fingerprint density at radius 1 is 1.31 bits per heavy atom. The van der Waals surface area contributed by atoms with Gasteiger partial charge in [0.15, 0.2) is 0 Å². The molecule has 86 valence electrons. The molecule has 0 radical (unpaired) electrons. The molecular formula is C14H18O2. The van der Waals surface area contributed by atoms with Crippen molar-refractivity contribution in [2.75, 3.05) is 0 Å². The van der Waals surface area contributed by atoms with E-state index in [0.717, 1.165) is 12.0 Å². The van der Waals surface area contributed by atoms with Gasteiger partial charge in [0.25, 0.3) is 0 Å². The van der Waals surface area contributed by atoms with Crippen LogP contribution in [0.3, 0.4) is 0 Å². The van der Waals surface area contributed by atoms with E-state index in [1.54, 1.807) is 0 Å². The normalized spacial score (nSPS) is 28.8. The third-order valence-electron chi connectivity index (χ3n) is 3.88. The lowest BCUT2D eigenvalue weighted by Gasteiger charge is -2.28. The summed E-state index contributed by atoms with van der Waals surface area (Å²) in [5.41, 5.74) is 0.382. The first-order valence-corrected chi connectivity index (χ1v) is 5.68. The van der Waals surface area contributed by atoms with E-state index in [1.807, 2.05) is 51.1 Å².